The van der Waals surface area contributed by atoms with E-state index in [4.69, 9.17) is 5.73 Å². The van der Waals surface area contributed by atoms with Gasteiger partial charge in [-0.25, -0.2) is 4.98 Å². The summed E-state index contributed by atoms with van der Waals surface area (Å²) in [6, 6.07) is 0.545. The molecule has 2 aromatic heterocycles. The number of aromatic nitrogens is 4. The first-order chi connectivity index (χ1) is 8.65. The van der Waals surface area contributed by atoms with E-state index in [2.05, 4.69) is 14.6 Å². The van der Waals surface area contributed by atoms with Crippen molar-refractivity contribution in [3.8, 4) is 0 Å². The van der Waals surface area contributed by atoms with E-state index in [0.717, 1.165) is 28.7 Å². The van der Waals surface area contributed by atoms with Crippen LogP contribution in [-0.2, 0) is 7.05 Å². The minimum atomic E-state index is 0.545. The number of imidazole rings is 1. The number of nitrogens with zero attached hydrogens (tertiary/aromatic N) is 4. The van der Waals surface area contributed by atoms with Gasteiger partial charge in [0, 0.05) is 13.1 Å². The van der Waals surface area contributed by atoms with Gasteiger partial charge in [0.05, 0.1) is 5.69 Å². The summed E-state index contributed by atoms with van der Waals surface area (Å²) in [4.78, 5) is 4.52. The molecule has 96 valence electrons. The molecule has 5 heteroatoms. The topological polar surface area (TPSA) is 61.7 Å². The van der Waals surface area contributed by atoms with Crippen molar-refractivity contribution in [2.75, 3.05) is 5.73 Å². The van der Waals surface area contributed by atoms with Gasteiger partial charge in [-0.3, -0.25) is 9.25 Å². The summed E-state index contributed by atoms with van der Waals surface area (Å²) in [5.74, 6) is 2.37. The highest BCUT2D eigenvalue weighted by Gasteiger charge is 2.42. The molecule has 0 aliphatic heterocycles. The Morgan fingerprint density at radius 1 is 1.28 bits per heavy atom. The quantitative estimate of drug-likeness (QED) is 0.836. The minimum absolute atomic E-state index is 0.545. The van der Waals surface area contributed by atoms with Crippen LogP contribution in [0, 0.1) is 18.8 Å². The highest BCUT2D eigenvalue weighted by Crippen LogP contribution is 2.52. The summed E-state index contributed by atoms with van der Waals surface area (Å²) < 4.78 is 4.18. The fourth-order valence-electron chi connectivity index (χ4n) is 4.17. The molecule has 5 nitrogen and oxygen atoms in total. The van der Waals surface area contributed by atoms with E-state index in [-0.39, 0.29) is 0 Å². The normalized spacial score (nSPS) is 30.7. The van der Waals surface area contributed by atoms with Crippen molar-refractivity contribution in [2.45, 2.75) is 38.6 Å². The zero-order valence-electron chi connectivity index (χ0n) is 10.9. The summed E-state index contributed by atoms with van der Waals surface area (Å²) in [7, 11) is 1.99. The van der Waals surface area contributed by atoms with Gasteiger partial charge in [-0.2, -0.15) is 5.10 Å². The van der Waals surface area contributed by atoms with Gasteiger partial charge >= 0.3 is 0 Å². The summed E-state index contributed by atoms with van der Waals surface area (Å²) in [5, 5.41) is 4.46. The average molecular weight is 245 g/mol. The highest BCUT2D eigenvalue weighted by atomic mass is 15.4. The van der Waals surface area contributed by atoms with Crippen LogP contribution in [0.15, 0.2) is 0 Å². The summed E-state index contributed by atoms with van der Waals surface area (Å²) in [6.07, 6.45) is 5.40. The van der Waals surface area contributed by atoms with Crippen LogP contribution in [0.3, 0.4) is 0 Å². The van der Waals surface area contributed by atoms with Crippen molar-refractivity contribution in [1.29, 1.82) is 0 Å². The van der Waals surface area contributed by atoms with Crippen LogP contribution in [0.1, 0.15) is 37.4 Å². The van der Waals surface area contributed by atoms with Crippen molar-refractivity contribution >= 4 is 17.1 Å². The molecule has 0 saturated heterocycles. The highest BCUT2D eigenvalue weighted by molar-refractivity contribution is 5.77. The van der Waals surface area contributed by atoms with Crippen LogP contribution in [0.5, 0.6) is 0 Å². The fourth-order valence-corrected chi connectivity index (χ4v) is 4.17. The van der Waals surface area contributed by atoms with Crippen molar-refractivity contribution in [3.05, 3.63) is 5.69 Å². The van der Waals surface area contributed by atoms with Crippen LogP contribution in [0.4, 0.5) is 5.95 Å². The lowest BCUT2D eigenvalue weighted by Crippen LogP contribution is -2.19. The molecule has 2 saturated carbocycles. The van der Waals surface area contributed by atoms with Crippen molar-refractivity contribution in [1.82, 2.24) is 19.3 Å². The molecule has 0 amide bonds. The summed E-state index contributed by atoms with van der Waals surface area (Å²) in [5.41, 5.74) is 9.20. The third kappa shape index (κ3) is 1.17. The molecule has 3 unspecified atom stereocenters. The Balaban J connectivity index is 1.91. The zero-order valence-corrected chi connectivity index (χ0v) is 10.9. The Labute approximate surface area is 106 Å². The van der Waals surface area contributed by atoms with Gasteiger partial charge in [0.2, 0.25) is 5.95 Å². The first-order valence-electron chi connectivity index (χ1n) is 6.82. The molecule has 18 heavy (non-hydrogen) atoms. The predicted molar refractivity (Wildman–Crippen MR) is 70.1 cm³/mol. The molecule has 2 heterocycles. The average Bonchev–Trinajstić information content (AvgIpc) is 3.03. The second-order valence-electron chi connectivity index (χ2n) is 5.96. The lowest BCUT2D eigenvalue weighted by molar-refractivity contribution is 0.336. The largest absolute Gasteiger partial charge is 0.369 e. The van der Waals surface area contributed by atoms with E-state index in [1.54, 1.807) is 0 Å². The fraction of sp³-hybridized carbons (Fsp3) is 0.692. The van der Waals surface area contributed by atoms with Gasteiger partial charge < -0.3 is 5.73 Å². The lowest BCUT2D eigenvalue weighted by Gasteiger charge is -2.24. The predicted octanol–water partition coefficient (Wildman–Crippen LogP) is 2.02. The molecular formula is C13H19N5. The lowest BCUT2D eigenvalue weighted by atomic mass is 9.95. The van der Waals surface area contributed by atoms with Gasteiger partial charge in [0.15, 0.2) is 5.65 Å². The molecule has 4 rings (SSSR count). The molecular weight excluding hydrogens is 226 g/mol. The molecule has 0 spiro atoms. The molecule has 3 atom stereocenters. The van der Waals surface area contributed by atoms with Crippen LogP contribution >= 0.6 is 0 Å². The third-order valence-electron chi connectivity index (χ3n) is 4.89. The minimum Gasteiger partial charge on any atom is -0.369 e. The Kier molecular flexibility index (Phi) is 1.89. The monoisotopic (exact) mass is 245 g/mol. The number of rotatable bonds is 1. The molecule has 2 aliphatic carbocycles. The molecule has 2 aromatic rings. The number of hydrogen-bond donors (Lipinski definition) is 1. The Bertz CT molecular complexity index is 623. The van der Waals surface area contributed by atoms with E-state index < -0.39 is 0 Å². The zero-order chi connectivity index (χ0) is 12.4. The standard InChI is InChI=1S/C13H19N5/c1-7-11-12(17(2)16-7)18(13(14)15-11)10-6-8-3-4-9(10)5-8/h8-10H,3-6H2,1-2H3,(H2,14,15). The van der Waals surface area contributed by atoms with Crippen molar-refractivity contribution < 1.29 is 0 Å². The maximum atomic E-state index is 6.16. The third-order valence-corrected chi connectivity index (χ3v) is 4.89. The van der Waals surface area contributed by atoms with Gasteiger partial charge in [0.1, 0.15) is 5.52 Å². The molecule has 2 bridgehead atoms. The first-order valence-corrected chi connectivity index (χ1v) is 6.82. The second-order valence-corrected chi connectivity index (χ2v) is 5.96. The molecule has 0 aromatic carbocycles. The van der Waals surface area contributed by atoms with Crippen LogP contribution in [0.2, 0.25) is 0 Å². The van der Waals surface area contributed by atoms with Gasteiger partial charge in [-0.15, -0.1) is 0 Å². The van der Waals surface area contributed by atoms with Gasteiger partial charge in [-0.1, -0.05) is 6.42 Å². The number of nitrogens with two attached hydrogens (primary N) is 1. The van der Waals surface area contributed by atoms with Crippen molar-refractivity contribution in [2.24, 2.45) is 18.9 Å². The number of aryl methyl sites for hydroxylation is 2. The van der Waals surface area contributed by atoms with Crippen LogP contribution < -0.4 is 5.73 Å². The number of anilines is 1. The summed E-state index contributed by atoms with van der Waals surface area (Å²) >= 11 is 0. The van der Waals surface area contributed by atoms with E-state index in [1.807, 2.05) is 18.7 Å². The van der Waals surface area contributed by atoms with Gasteiger partial charge in [-0.05, 0) is 38.0 Å². The van der Waals surface area contributed by atoms with Crippen LogP contribution in [-0.4, -0.2) is 19.3 Å². The van der Waals surface area contributed by atoms with Crippen LogP contribution in [0.25, 0.3) is 11.2 Å². The SMILES string of the molecule is Cc1nn(C)c2c1nc(N)n2C1CC2CCC1C2. The first kappa shape index (κ1) is 10.4. The molecule has 0 radical (unpaired) electrons. The molecule has 2 N–H and O–H groups in total. The number of hydrogen-bond acceptors (Lipinski definition) is 3. The Morgan fingerprint density at radius 3 is 2.78 bits per heavy atom. The Morgan fingerprint density at radius 2 is 2.11 bits per heavy atom. The van der Waals surface area contributed by atoms with Gasteiger partial charge in [0.25, 0.3) is 0 Å². The second kappa shape index (κ2) is 3.28. The number of nitrogen functional groups attached to an aromatic ring is 1. The van der Waals surface area contributed by atoms with Crippen molar-refractivity contribution in [3.63, 3.8) is 0 Å². The van der Waals surface area contributed by atoms with E-state index in [0.29, 0.717) is 12.0 Å². The smallest absolute Gasteiger partial charge is 0.202 e. The van der Waals surface area contributed by atoms with E-state index in [1.165, 1.54) is 25.7 Å². The molecule has 2 aliphatic rings. The molecule has 2 fully saturated rings. The maximum absolute atomic E-state index is 6.16. The summed E-state index contributed by atoms with van der Waals surface area (Å²) in [6.45, 7) is 2.00. The number of fused-ring (bicyclic) bond motifs is 3. The maximum Gasteiger partial charge on any atom is 0.202 e. The van der Waals surface area contributed by atoms with E-state index >= 15 is 0 Å². The van der Waals surface area contributed by atoms with E-state index in [9.17, 15) is 0 Å². The Hall–Kier alpha value is -1.52.